The van der Waals surface area contributed by atoms with Crippen LogP contribution in [0.15, 0.2) is 60.9 Å². The summed E-state index contributed by atoms with van der Waals surface area (Å²) in [5.74, 6) is -0.110. The normalized spacial score (nSPS) is 18.8. The standard InChI is InChI=1S/C21H20N6OS/c28-20(14-6-1-3-10-18(14)27-22-12-13-23-27)24-15-8-5-9-16(15)25-21-26-17-7-2-4-11-19(17)29-21/h1-4,6-7,10-13,15-16H,5,8-9H2,(H,24,28)(H,25,26). The average molecular weight is 404 g/mol. The van der Waals surface area contributed by atoms with Gasteiger partial charge in [0.15, 0.2) is 5.13 Å². The number of benzene rings is 2. The Balaban J connectivity index is 1.33. The Morgan fingerprint density at radius 1 is 1.00 bits per heavy atom. The Morgan fingerprint density at radius 2 is 1.76 bits per heavy atom. The number of hydrogen-bond donors (Lipinski definition) is 2. The zero-order valence-corrected chi connectivity index (χ0v) is 16.5. The summed E-state index contributed by atoms with van der Waals surface area (Å²) in [5, 5.41) is 16.0. The smallest absolute Gasteiger partial charge is 0.253 e. The fourth-order valence-electron chi connectivity index (χ4n) is 3.82. The molecule has 2 unspecified atom stereocenters. The van der Waals surface area contributed by atoms with Crippen LogP contribution in [-0.2, 0) is 0 Å². The fourth-order valence-corrected chi connectivity index (χ4v) is 4.75. The zero-order valence-electron chi connectivity index (χ0n) is 15.7. The van der Waals surface area contributed by atoms with Crippen LogP contribution in [0, 0.1) is 0 Å². The van der Waals surface area contributed by atoms with Crippen molar-refractivity contribution >= 4 is 32.6 Å². The molecule has 5 rings (SSSR count). The van der Waals surface area contributed by atoms with Crippen LogP contribution >= 0.6 is 11.3 Å². The van der Waals surface area contributed by atoms with Crippen LogP contribution < -0.4 is 10.6 Å². The van der Waals surface area contributed by atoms with Crippen LogP contribution in [0.4, 0.5) is 5.13 Å². The number of carbonyl (C=O) groups excluding carboxylic acids is 1. The van der Waals surface area contributed by atoms with Crippen LogP contribution in [0.1, 0.15) is 29.6 Å². The van der Waals surface area contributed by atoms with Crippen LogP contribution in [0.5, 0.6) is 0 Å². The van der Waals surface area contributed by atoms with Gasteiger partial charge < -0.3 is 10.6 Å². The molecule has 1 saturated carbocycles. The third-order valence-electron chi connectivity index (χ3n) is 5.22. The van der Waals surface area contributed by atoms with E-state index >= 15 is 0 Å². The molecule has 2 aromatic carbocycles. The molecule has 29 heavy (non-hydrogen) atoms. The minimum Gasteiger partial charge on any atom is -0.357 e. The molecule has 2 heterocycles. The highest BCUT2D eigenvalue weighted by Gasteiger charge is 2.30. The summed E-state index contributed by atoms with van der Waals surface area (Å²) in [6, 6.07) is 15.7. The summed E-state index contributed by atoms with van der Waals surface area (Å²) in [4.78, 5) is 19.2. The van der Waals surface area contributed by atoms with Crippen LogP contribution in [0.25, 0.3) is 15.9 Å². The summed E-state index contributed by atoms with van der Waals surface area (Å²) < 4.78 is 1.16. The van der Waals surface area contributed by atoms with Gasteiger partial charge in [0.25, 0.3) is 5.91 Å². The van der Waals surface area contributed by atoms with Crippen molar-refractivity contribution in [2.45, 2.75) is 31.3 Å². The van der Waals surface area contributed by atoms with Crippen molar-refractivity contribution in [1.29, 1.82) is 0 Å². The van der Waals surface area contributed by atoms with Crippen molar-refractivity contribution < 1.29 is 4.79 Å². The first-order chi connectivity index (χ1) is 14.3. The Morgan fingerprint density at radius 3 is 2.62 bits per heavy atom. The Bertz CT molecular complexity index is 1110. The second-order valence-electron chi connectivity index (χ2n) is 7.08. The first-order valence-corrected chi connectivity index (χ1v) is 10.5. The van der Waals surface area contributed by atoms with Gasteiger partial charge >= 0.3 is 0 Å². The van der Waals surface area contributed by atoms with E-state index < -0.39 is 0 Å². The topological polar surface area (TPSA) is 84.7 Å². The fraction of sp³-hybridized carbons (Fsp3) is 0.238. The monoisotopic (exact) mass is 404 g/mol. The van der Waals surface area contributed by atoms with Crippen molar-refractivity contribution in [3.63, 3.8) is 0 Å². The number of para-hydroxylation sites is 2. The highest BCUT2D eigenvalue weighted by molar-refractivity contribution is 7.22. The minimum absolute atomic E-state index is 0.0492. The van der Waals surface area contributed by atoms with Crippen LogP contribution in [0.2, 0.25) is 0 Å². The highest BCUT2D eigenvalue weighted by atomic mass is 32.1. The van der Waals surface area contributed by atoms with Gasteiger partial charge in [-0.3, -0.25) is 4.79 Å². The zero-order chi connectivity index (χ0) is 19.6. The van der Waals surface area contributed by atoms with E-state index in [1.54, 1.807) is 29.8 Å². The summed E-state index contributed by atoms with van der Waals surface area (Å²) in [5.41, 5.74) is 2.23. The van der Waals surface area contributed by atoms with Gasteiger partial charge in [0.2, 0.25) is 0 Å². The predicted octanol–water partition coefficient (Wildman–Crippen LogP) is 3.64. The maximum absolute atomic E-state index is 13.0. The van der Waals surface area contributed by atoms with E-state index in [1.807, 2.05) is 36.4 Å². The molecule has 0 radical (unpaired) electrons. The molecule has 0 bridgehead atoms. The number of carbonyl (C=O) groups is 1. The molecule has 0 saturated heterocycles. The first-order valence-electron chi connectivity index (χ1n) is 9.66. The molecule has 1 aliphatic carbocycles. The molecule has 2 atom stereocenters. The van der Waals surface area contributed by atoms with Crippen LogP contribution in [-0.4, -0.2) is 38.0 Å². The molecule has 1 aliphatic rings. The number of rotatable bonds is 5. The summed E-state index contributed by atoms with van der Waals surface area (Å²) in [7, 11) is 0. The van der Waals surface area contributed by atoms with Gasteiger partial charge in [-0.05, 0) is 43.5 Å². The molecule has 2 N–H and O–H groups in total. The third kappa shape index (κ3) is 3.58. The quantitative estimate of drug-likeness (QED) is 0.530. The van der Waals surface area contributed by atoms with E-state index in [1.165, 1.54) is 4.80 Å². The lowest BCUT2D eigenvalue weighted by atomic mass is 10.1. The molecule has 0 spiro atoms. The second-order valence-corrected chi connectivity index (χ2v) is 8.11. The number of aromatic nitrogens is 4. The van der Waals surface area contributed by atoms with E-state index in [-0.39, 0.29) is 18.0 Å². The average Bonchev–Trinajstić information content (AvgIpc) is 3.49. The molecule has 0 aliphatic heterocycles. The summed E-state index contributed by atoms with van der Waals surface area (Å²) in [6.45, 7) is 0. The molecule has 2 aromatic heterocycles. The van der Waals surface area contributed by atoms with E-state index in [0.717, 1.165) is 34.6 Å². The van der Waals surface area contributed by atoms with Crippen molar-refractivity contribution in [2.75, 3.05) is 5.32 Å². The second kappa shape index (κ2) is 7.63. The number of nitrogens with one attached hydrogen (secondary N) is 2. The molecular weight excluding hydrogens is 384 g/mol. The van der Waals surface area contributed by atoms with E-state index in [4.69, 9.17) is 0 Å². The molecule has 7 nitrogen and oxygen atoms in total. The van der Waals surface area contributed by atoms with Crippen LogP contribution in [0.3, 0.4) is 0 Å². The molecule has 4 aromatic rings. The van der Waals surface area contributed by atoms with Gasteiger partial charge in [-0.1, -0.05) is 35.6 Å². The lowest BCUT2D eigenvalue weighted by Gasteiger charge is -2.22. The van der Waals surface area contributed by atoms with Gasteiger partial charge in [-0.25, -0.2) is 4.98 Å². The van der Waals surface area contributed by atoms with E-state index in [9.17, 15) is 4.79 Å². The lowest BCUT2D eigenvalue weighted by molar-refractivity contribution is 0.0935. The highest BCUT2D eigenvalue weighted by Crippen LogP contribution is 2.29. The number of hydrogen-bond acceptors (Lipinski definition) is 6. The van der Waals surface area contributed by atoms with E-state index in [0.29, 0.717) is 11.3 Å². The van der Waals surface area contributed by atoms with Gasteiger partial charge in [0.05, 0.1) is 33.9 Å². The Kier molecular flexibility index (Phi) is 4.69. The SMILES string of the molecule is O=C(NC1CCCC1Nc1nc2ccccc2s1)c1ccccc1-n1nccn1. The molecular formula is C21H20N6OS. The number of amides is 1. The summed E-state index contributed by atoms with van der Waals surface area (Å²) in [6.07, 6.45) is 6.21. The molecule has 1 amide bonds. The molecule has 146 valence electrons. The Labute approximate surface area is 171 Å². The maximum atomic E-state index is 13.0. The summed E-state index contributed by atoms with van der Waals surface area (Å²) >= 11 is 1.65. The number of nitrogens with zero attached hydrogens (tertiary/aromatic N) is 4. The Hall–Kier alpha value is -3.26. The third-order valence-corrected chi connectivity index (χ3v) is 6.19. The number of fused-ring (bicyclic) bond motifs is 1. The van der Waals surface area contributed by atoms with Crippen molar-refractivity contribution in [1.82, 2.24) is 25.3 Å². The number of anilines is 1. The van der Waals surface area contributed by atoms with Crippen molar-refractivity contribution in [2.24, 2.45) is 0 Å². The van der Waals surface area contributed by atoms with Crippen molar-refractivity contribution in [3.05, 3.63) is 66.5 Å². The van der Waals surface area contributed by atoms with Gasteiger partial charge in [-0.15, -0.1) is 0 Å². The minimum atomic E-state index is -0.110. The predicted molar refractivity (Wildman–Crippen MR) is 113 cm³/mol. The van der Waals surface area contributed by atoms with Gasteiger partial charge in [0, 0.05) is 12.1 Å². The molecule has 8 heteroatoms. The largest absolute Gasteiger partial charge is 0.357 e. The van der Waals surface area contributed by atoms with Gasteiger partial charge in [0.1, 0.15) is 0 Å². The van der Waals surface area contributed by atoms with E-state index in [2.05, 4.69) is 31.9 Å². The number of thiazole rings is 1. The maximum Gasteiger partial charge on any atom is 0.253 e. The van der Waals surface area contributed by atoms with Gasteiger partial charge in [-0.2, -0.15) is 15.0 Å². The van der Waals surface area contributed by atoms with Crippen molar-refractivity contribution in [3.8, 4) is 5.69 Å². The first kappa shape index (κ1) is 17.8. The lowest BCUT2D eigenvalue weighted by Crippen LogP contribution is -2.43. The molecule has 1 fully saturated rings.